The first-order chi connectivity index (χ1) is 5.95. The first-order valence-electron chi connectivity index (χ1n) is 4.69. The molecule has 0 saturated heterocycles. The van der Waals surface area contributed by atoms with Crippen LogP contribution in [0.2, 0.25) is 5.15 Å². The maximum absolute atomic E-state index is 6.03. The smallest absolute Gasteiger partial charge is 0.127 e. The zero-order valence-corrected chi connectivity index (χ0v) is 9.52. The number of nitrogens with zero attached hydrogens (tertiary/aromatic N) is 2. The molecule has 0 aliphatic heterocycles. The Labute approximate surface area is 84.9 Å². The van der Waals surface area contributed by atoms with E-state index >= 15 is 0 Å². The minimum atomic E-state index is 0.0859. The van der Waals surface area contributed by atoms with Gasteiger partial charge in [0, 0.05) is 12.0 Å². The Bertz CT molecular complexity index is 284. The summed E-state index contributed by atoms with van der Waals surface area (Å²) in [6.45, 7) is 9.44. The van der Waals surface area contributed by atoms with Crippen LogP contribution in [0.15, 0.2) is 6.07 Å². The molecular weight excluding hydrogens is 184 g/mol. The number of hydrogen-bond donors (Lipinski definition) is 0. The highest BCUT2D eigenvalue weighted by Crippen LogP contribution is 2.23. The fraction of sp³-hybridized carbons (Fsp3) is 0.700. The van der Waals surface area contributed by atoms with Gasteiger partial charge in [0.2, 0.25) is 0 Å². The number of aryl methyl sites for hydroxylation is 1. The first kappa shape index (κ1) is 10.6. The molecule has 0 spiro atoms. The highest BCUT2D eigenvalue weighted by atomic mass is 35.5. The molecule has 0 unspecified atom stereocenters. The standard InChI is InChI=1S/C10H17ClN2/c1-5-6-13-9(11)7-8(12-13)10(2,3)4/h7H,5-6H2,1-4H3. The van der Waals surface area contributed by atoms with E-state index in [2.05, 4.69) is 32.8 Å². The summed E-state index contributed by atoms with van der Waals surface area (Å²) in [5.41, 5.74) is 1.15. The summed E-state index contributed by atoms with van der Waals surface area (Å²) in [6, 6.07) is 1.96. The Morgan fingerprint density at radius 3 is 2.46 bits per heavy atom. The fourth-order valence-corrected chi connectivity index (χ4v) is 1.35. The first-order valence-corrected chi connectivity index (χ1v) is 5.06. The third kappa shape index (κ3) is 2.47. The van der Waals surface area contributed by atoms with Crippen molar-refractivity contribution in [3.8, 4) is 0 Å². The molecule has 0 fully saturated rings. The van der Waals surface area contributed by atoms with Gasteiger partial charge in [0.05, 0.1) is 5.69 Å². The maximum Gasteiger partial charge on any atom is 0.127 e. The topological polar surface area (TPSA) is 17.8 Å². The van der Waals surface area contributed by atoms with Crippen LogP contribution in [0.5, 0.6) is 0 Å². The van der Waals surface area contributed by atoms with Gasteiger partial charge in [0.1, 0.15) is 5.15 Å². The van der Waals surface area contributed by atoms with Crippen molar-refractivity contribution in [1.82, 2.24) is 9.78 Å². The van der Waals surface area contributed by atoms with E-state index < -0.39 is 0 Å². The lowest BCUT2D eigenvalue weighted by molar-refractivity contribution is 0.529. The molecule has 0 aliphatic rings. The van der Waals surface area contributed by atoms with Crippen molar-refractivity contribution in [2.24, 2.45) is 0 Å². The van der Waals surface area contributed by atoms with Crippen LogP contribution in [0, 0.1) is 0 Å². The van der Waals surface area contributed by atoms with Crippen LogP contribution >= 0.6 is 11.6 Å². The zero-order chi connectivity index (χ0) is 10.1. The lowest BCUT2D eigenvalue weighted by Gasteiger charge is -2.14. The van der Waals surface area contributed by atoms with Gasteiger partial charge in [-0.2, -0.15) is 5.10 Å². The molecule has 2 nitrogen and oxygen atoms in total. The lowest BCUT2D eigenvalue weighted by Crippen LogP contribution is -2.12. The molecule has 13 heavy (non-hydrogen) atoms. The van der Waals surface area contributed by atoms with Gasteiger partial charge in [0.25, 0.3) is 0 Å². The number of aromatic nitrogens is 2. The SMILES string of the molecule is CCCn1nc(C(C)(C)C)cc1Cl. The quantitative estimate of drug-likeness (QED) is 0.717. The van der Waals surface area contributed by atoms with E-state index in [1.54, 1.807) is 0 Å². The van der Waals surface area contributed by atoms with Crippen molar-refractivity contribution in [1.29, 1.82) is 0 Å². The molecule has 1 rings (SSSR count). The Balaban J connectivity index is 2.95. The van der Waals surface area contributed by atoms with E-state index in [9.17, 15) is 0 Å². The minimum absolute atomic E-state index is 0.0859. The van der Waals surface area contributed by atoms with Gasteiger partial charge >= 0.3 is 0 Å². The van der Waals surface area contributed by atoms with Crippen molar-refractivity contribution in [3.63, 3.8) is 0 Å². The molecule has 0 N–H and O–H groups in total. The van der Waals surface area contributed by atoms with Crippen molar-refractivity contribution in [2.75, 3.05) is 0 Å². The van der Waals surface area contributed by atoms with Crippen molar-refractivity contribution < 1.29 is 0 Å². The normalized spacial score (nSPS) is 12.1. The van der Waals surface area contributed by atoms with E-state index in [1.165, 1.54) is 0 Å². The summed E-state index contributed by atoms with van der Waals surface area (Å²) in [7, 11) is 0. The van der Waals surface area contributed by atoms with E-state index in [-0.39, 0.29) is 5.41 Å². The number of hydrogen-bond acceptors (Lipinski definition) is 1. The summed E-state index contributed by atoms with van der Waals surface area (Å²) in [5.74, 6) is 0. The molecule has 1 aromatic heterocycles. The highest BCUT2D eigenvalue weighted by Gasteiger charge is 2.18. The summed E-state index contributed by atoms with van der Waals surface area (Å²) in [5, 5.41) is 5.20. The third-order valence-electron chi connectivity index (χ3n) is 1.93. The van der Waals surface area contributed by atoms with Crippen LogP contribution in [0.1, 0.15) is 39.8 Å². The fourth-order valence-electron chi connectivity index (χ4n) is 1.13. The van der Waals surface area contributed by atoms with Crippen molar-refractivity contribution in [2.45, 2.75) is 46.1 Å². The largest absolute Gasteiger partial charge is 0.254 e. The monoisotopic (exact) mass is 200 g/mol. The predicted molar refractivity (Wildman–Crippen MR) is 56.2 cm³/mol. The second kappa shape index (κ2) is 3.70. The third-order valence-corrected chi connectivity index (χ3v) is 2.24. The highest BCUT2D eigenvalue weighted by molar-refractivity contribution is 6.29. The van der Waals surface area contributed by atoms with Crippen molar-refractivity contribution in [3.05, 3.63) is 16.9 Å². The van der Waals surface area contributed by atoms with Gasteiger partial charge in [0.15, 0.2) is 0 Å². The lowest BCUT2D eigenvalue weighted by atomic mass is 9.93. The van der Waals surface area contributed by atoms with E-state index in [4.69, 9.17) is 11.6 Å². The molecule has 0 radical (unpaired) electrons. The van der Waals surface area contributed by atoms with Gasteiger partial charge in [-0.3, -0.25) is 4.68 Å². The van der Waals surface area contributed by atoms with Gasteiger partial charge in [-0.1, -0.05) is 39.3 Å². The zero-order valence-electron chi connectivity index (χ0n) is 8.76. The second-order valence-electron chi connectivity index (χ2n) is 4.33. The van der Waals surface area contributed by atoms with Crippen LogP contribution < -0.4 is 0 Å². The van der Waals surface area contributed by atoms with E-state index in [1.807, 2.05) is 10.7 Å². The van der Waals surface area contributed by atoms with Crippen LogP contribution in [0.4, 0.5) is 0 Å². The molecule has 0 amide bonds. The number of rotatable bonds is 2. The van der Waals surface area contributed by atoms with E-state index in [0.717, 1.165) is 23.8 Å². The molecule has 0 saturated carbocycles. The van der Waals surface area contributed by atoms with Gasteiger partial charge in [-0.25, -0.2) is 0 Å². The Kier molecular flexibility index (Phi) is 3.01. The molecule has 0 bridgehead atoms. The molecule has 3 heteroatoms. The second-order valence-corrected chi connectivity index (χ2v) is 4.71. The predicted octanol–water partition coefficient (Wildman–Crippen LogP) is 3.24. The summed E-state index contributed by atoms with van der Waals surface area (Å²) in [4.78, 5) is 0. The van der Waals surface area contributed by atoms with Crippen LogP contribution in [-0.4, -0.2) is 9.78 Å². The Hall–Kier alpha value is -0.500. The van der Waals surface area contributed by atoms with Crippen LogP contribution in [0.3, 0.4) is 0 Å². The average Bonchev–Trinajstić information content (AvgIpc) is 2.32. The number of halogens is 1. The molecule has 0 aliphatic carbocycles. The van der Waals surface area contributed by atoms with Crippen LogP contribution in [0.25, 0.3) is 0 Å². The van der Waals surface area contributed by atoms with Gasteiger partial charge in [-0.05, 0) is 12.5 Å². The van der Waals surface area contributed by atoms with Gasteiger partial charge in [-0.15, -0.1) is 0 Å². The average molecular weight is 201 g/mol. The van der Waals surface area contributed by atoms with Crippen LogP contribution in [-0.2, 0) is 12.0 Å². The van der Waals surface area contributed by atoms with E-state index in [0.29, 0.717) is 0 Å². The molecule has 0 atom stereocenters. The molecule has 1 heterocycles. The summed E-state index contributed by atoms with van der Waals surface area (Å²) < 4.78 is 1.86. The molecular formula is C10H17ClN2. The van der Waals surface area contributed by atoms with Crippen molar-refractivity contribution >= 4 is 11.6 Å². The Morgan fingerprint density at radius 2 is 2.08 bits per heavy atom. The minimum Gasteiger partial charge on any atom is -0.254 e. The molecule has 0 aromatic carbocycles. The maximum atomic E-state index is 6.03. The van der Waals surface area contributed by atoms with Gasteiger partial charge < -0.3 is 0 Å². The molecule has 1 aromatic rings. The Morgan fingerprint density at radius 1 is 1.46 bits per heavy atom. The summed E-state index contributed by atoms with van der Waals surface area (Å²) >= 11 is 6.03. The summed E-state index contributed by atoms with van der Waals surface area (Å²) in [6.07, 6.45) is 1.06. The molecule has 74 valence electrons.